The van der Waals surface area contributed by atoms with Gasteiger partial charge in [0.05, 0.1) is 0 Å². The van der Waals surface area contributed by atoms with Gasteiger partial charge in [0.15, 0.2) is 11.6 Å². The third-order valence-electron chi connectivity index (χ3n) is 3.95. The van der Waals surface area contributed by atoms with E-state index in [4.69, 9.17) is 0 Å². The van der Waals surface area contributed by atoms with E-state index in [0.717, 1.165) is 27.1 Å². The van der Waals surface area contributed by atoms with E-state index in [-0.39, 0.29) is 0 Å². The molecular weight excluding hydrogens is 310 g/mol. The monoisotopic (exact) mass is 326 g/mol. The van der Waals surface area contributed by atoms with Crippen LogP contribution in [0.2, 0.25) is 0 Å². The van der Waals surface area contributed by atoms with E-state index in [0.29, 0.717) is 11.1 Å². The van der Waals surface area contributed by atoms with Gasteiger partial charge in [-0.1, -0.05) is 30.3 Å². The van der Waals surface area contributed by atoms with E-state index >= 15 is 0 Å². The first kappa shape index (κ1) is 15.8. The van der Waals surface area contributed by atoms with E-state index in [1.54, 1.807) is 13.0 Å². The zero-order chi connectivity index (χ0) is 16.6. The molecule has 0 unspecified atom stereocenters. The summed E-state index contributed by atoms with van der Waals surface area (Å²) in [6.07, 6.45) is 0. The van der Waals surface area contributed by atoms with Crippen LogP contribution < -0.4 is 0 Å². The van der Waals surface area contributed by atoms with Gasteiger partial charge in [0, 0.05) is 4.90 Å². The average Bonchev–Trinajstić information content (AvgIpc) is 2.53. The van der Waals surface area contributed by atoms with Crippen molar-refractivity contribution in [3.05, 3.63) is 77.4 Å². The highest BCUT2D eigenvalue weighted by Crippen LogP contribution is 2.30. The Hall–Kier alpha value is -2.13. The fourth-order valence-electron chi connectivity index (χ4n) is 2.70. The smallest absolute Gasteiger partial charge is 0.161 e. The van der Waals surface area contributed by atoms with Crippen LogP contribution in [0.5, 0.6) is 0 Å². The molecule has 0 bridgehead atoms. The normalized spacial score (nSPS) is 10.8. The van der Waals surface area contributed by atoms with Crippen molar-refractivity contribution in [2.45, 2.75) is 18.7 Å². The Balaban J connectivity index is 2.04. The van der Waals surface area contributed by atoms with E-state index in [2.05, 4.69) is 18.7 Å². The Labute approximate surface area is 140 Å². The molecule has 0 aromatic heterocycles. The fraction of sp³-hybridized carbons (Fsp3) is 0.100. The lowest BCUT2D eigenvalue weighted by Gasteiger charge is -2.11. The molecule has 0 aliphatic rings. The van der Waals surface area contributed by atoms with E-state index < -0.39 is 11.6 Å². The van der Waals surface area contributed by atoms with E-state index in [1.165, 1.54) is 6.07 Å². The Morgan fingerprint density at radius 3 is 1.91 bits per heavy atom. The minimum Gasteiger partial charge on any atom is -0.204 e. The van der Waals surface area contributed by atoms with Crippen molar-refractivity contribution in [3.63, 3.8) is 0 Å². The molecule has 116 valence electrons. The molecule has 23 heavy (non-hydrogen) atoms. The third-order valence-corrected chi connectivity index (χ3v) is 4.25. The average molecular weight is 326 g/mol. The largest absolute Gasteiger partial charge is 0.204 e. The molecule has 0 nitrogen and oxygen atoms in total. The lowest BCUT2D eigenvalue weighted by Crippen LogP contribution is -1.92. The zero-order valence-electron chi connectivity index (χ0n) is 12.9. The highest BCUT2D eigenvalue weighted by molar-refractivity contribution is 7.80. The maximum atomic E-state index is 13.7. The van der Waals surface area contributed by atoms with Gasteiger partial charge in [-0.2, -0.15) is 0 Å². The molecule has 3 aromatic carbocycles. The first-order valence-electron chi connectivity index (χ1n) is 7.32. The van der Waals surface area contributed by atoms with Crippen molar-refractivity contribution in [1.82, 2.24) is 0 Å². The van der Waals surface area contributed by atoms with Crippen LogP contribution in [0.1, 0.15) is 11.1 Å². The highest BCUT2D eigenvalue weighted by Gasteiger charge is 2.11. The van der Waals surface area contributed by atoms with Crippen LogP contribution in [0.3, 0.4) is 0 Å². The lowest BCUT2D eigenvalue weighted by molar-refractivity contribution is 0.503. The van der Waals surface area contributed by atoms with E-state index in [9.17, 15) is 8.78 Å². The van der Waals surface area contributed by atoms with Crippen LogP contribution >= 0.6 is 12.6 Å². The Morgan fingerprint density at radius 1 is 0.696 bits per heavy atom. The molecule has 0 spiro atoms. The van der Waals surface area contributed by atoms with Crippen molar-refractivity contribution in [3.8, 4) is 22.3 Å². The van der Waals surface area contributed by atoms with Gasteiger partial charge in [-0.3, -0.25) is 0 Å². The van der Waals surface area contributed by atoms with Gasteiger partial charge in [-0.15, -0.1) is 12.6 Å². The second-order valence-corrected chi connectivity index (χ2v) is 6.18. The molecule has 0 fully saturated rings. The van der Waals surface area contributed by atoms with Crippen LogP contribution in [0.25, 0.3) is 22.3 Å². The maximum absolute atomic E-state index is 13.7. The Kier molecular flexibility index (Phi) is 4.22. The molecule has 0 aliphatic heterocycles. The number of hydrogen-bond donors (Lipinski definition) is 1. The topological polar surface area (TPSA) is 0 Å². The van der Waals surface area contributed by atoms with Crippen molar-refractivity contribution < 1.29 is 8.78 Å². The molecule has 0 radical (unpaired) electrons. The van der Waals surface area contributed by atoms with Crippen LogP contribution in [-0.4, -0.2) is 0 Å². The van der Waals surface area contributed by atoms with Crippen molar-refractivity contribution >= 4 is 12.6 Å². The molecular formula is C20H16F2S. The molecule has 0 saturated carbocycles. The summed E-state index contributed by atoms with van der Waals surface area (Å²) in [5.41, 5.74) is 5.10. The predicted octanol–water partition coefficient (Wildman–Crippen LogP) is 6.20. The number of aryl methyl sites for hydroxylation is 2. The minimum absolute atomic E-state index is 0.313. The van der Waals surface area contributed by atoms with Crippen molar-refractivity contribution in [2.24, 2.45) is 0 Å². The van der Waals surface area contributed by atoms with E-state index in [1.807, 2.05) is 43.3 Å². The summed E-state index contributed by atoms with van der Waals surface area (Å²) in [6.45, 7) is 3.55. The standard InChI is InChI=1S/C20H16F2S/c1-12-9-15(14-3-6-17(23)7-4-14)5-8-18(12)16-10-13(2)20(22)19(21)11-16/h3-11,23H,1-2H3. The number of hydrogen-bond acceptors (Lipinski definition) is 1. The SMILES string of the molecule is Cc1cc(-c2ccc(S)cc2)ccc1-c1cc(C)c(F)c(F)c1. The van der Waals surface area contributed by atoms with Crippen LogP contribution in [0.4, 0.5) is 8.78 Å². The summed E-state index contributed by atoms with van der Waals surface area (Å²) in [7, 11) is 0. The number of thiol groups is 1. The second-order valence-electron chi connectivity index (χ2n) is 5.67. The molecule has 3 rings (SSSR count). The van der Waals surface area contributed by atoms with Crippen molar-refractivity contribution in [2.75, 3.05) is 0 Å². The Morgan fingerprint density at radius 2 is 1.30 bits per heavy atom. The molecule has 0 N–H and O–H groups in total. The first-order chi connectivity index (χ1) is 11.0. The molecule has 0 atom stereocenters. The Bertz CT molecular complexity index is 844. The number of rotatable bonds is 2. The van der Waals surface area contributed by atoms with Crippen LogP contribution in [0, 0.1) is 25.5 Å². The lowest BCUT2D eigenvalue weighted by atomic mass is 9.95. The minimum atomic E-state index is -0.812. The summed E-state index contributed by atoms with van der Waals surface area (Å²) in [5, 5.41) is 0. The first-order valence-corrected chi connectivity index (χ1v) is 7.76. The number of benzene rings is 3. The highest BCUT2D eigenvalue weighted by atomic mass is 32.1. The number of halogens is 2. The summed E-state index contributed by atoms with van der Waals surface area (Å²) in [6, 6.07) is 16.8. The second kappa shape index (κ2) is 6.17. The van der Waals surface area contributed by atoms with Crippen LogP contribution in [-0.2, 0) is 0 Å². The maximum Gasteiger partial charge on any atom is 0.161 e. The van der Waals surface area contributed by atoms with Gasteiger partial charge in [0.1, 0.15) is 0 Å². The summed E-state index contributed by atoms with van der Waals surface area (Å²) >= 11 is 4.29. The quantitative estimate of drug-likeness (QED) is 0.532. The van der Waals surface area contributed by atoms with Gasteiger partial charge in [0.25, 0.3) is 0 Å². The van der Waals surface area contributed by atoms with Crippen molar-refractivity contribution in [1.29, 1.82) is 0 Å². The predicted molar refractivity (Wildman–Crippen MR) is 94.0 cm³/mol. The van der Waals surface area contributed by atoms with Gasteiger partial charge in [-0.25, -0.2) is 8.78 Å². The molecule has 0 saturated heterocycles. The molecule has 3 heteroatoms. The van der Waals surface area contributed by atoms with Crippen LogP contribution in [0.15, 0.2) is 59.5 Å². The third kappa shape index (κ3) is 3.15. The molecule has 0 aliphatic carbocycles. The van der Waals surface area contributed by atoms with Gasteiger partial charge < -0.3 is 0 Å². The summed E-state index contributed by atoms with van der Waals surface area (Å²) in [4.78, 5) is 0.916. The molecule has 0 amide bonds. The van der Waals surface area contributed by atoms with Gasteiger partial charge in [0.2, 0.25) is 0 Å². The molecule has 0 heterocycles. The van der Waals surface area contributed by atoms with Gasteiger partial charge in [-0.05, 0) is 71.5 Å². The molecule has 3 aromatic rings. The zero-order valence-corrected chi connectivity index (χ0v) is 13.8. The fourth-order valence-corrected chi connectivity index (χ4v) is 2.85. The van der Waals surface area contributed by atoms with Gasteiger partial charge >= 0.3 is 0 Å². The summed E-state index contributed by atoms with van der Waals surface area (Å²) in [5.74, 6) is -1.59. The summed E-state index contributed by atoms with van der Waals surface area (Å²) < 4.78 is 27.1.